The van der Waals surface area contributed by atoms with Gasteiger partial charge in [0.1, 0.15) is 13.2 Å². The molecule has 0 saturated heterocycles. The molecule has 0 radical (unpaired) electrons. The first kappa shape index (κ1) is 72.4. The number of amides is 1. The molecule has 8 nitrogen and oxygen atoms in total. The molecule has 0 aromatic heterocycles. The van der Waals surface area contributed by atoms with Crippen molar-refractivity contribution in [3.05, 3.63) is 146 Å². The number of phosphoric acid groups is 1. The Kier molecular flexibility index (Phi) is 53.4. The molecule has 0 aliphatic heterocycles. The van der Waals surface area contributed by atoms with Crippen LogP contribution in [0, 0.1) is 0 Å². The monoisotopic (exact) mass is 1070 g/mol. The lowest BCUT2D eigenvalue weighted by Crippen LogP contribution is -2.46. The van der Waals surface area contributed by atoms with E-state index in [2.05, 4.69) is 165 Å². The summed E-state index contributed by atoms with van der Waals surface area (Å²) in [6.45, 7) is 4.56. The predicted octanol–water partition coefficient (Wildman–Crippen LogP) is 18.2. The van der Waals surface area contributed by atoms with Crippen molar-refractivity contribution >= 4 is 13.7 Å². The van der Waals surface area contributed by atoms with Crippen LogP contribution in [0.3, 0.4) is 0 Å². The number of unbranched alkanes of at least 4 members (excludes halogenated alkanes) is 16. The highest BCUT2D eigenvalue weighted by molar-refractivity contribution is 7.45. The average Bonchev–Trinajstić information content (AvgIpc) is 3.38. The second kappa shape index (κ2) is 56.1. The van der Waals surface area contributed by atoms with Crippen molar-refractivity contribution in [3.8, 4) is 0 Å². The van der Waals surface area contributed by atoms with E-state index in [9.17, 15) is 19.4 Å². The fourth-order valence-electron chi connectivity index (χ4n) is 7.90. The number of allylic oxidation sites excluding steroid dienone is 24. The fourth-order valence-corrected chi connectivity index (χ4v) is 8.63. The standard InChI is InChI=1S/C67H113N2O6P/c1-6-8-10-12-14-16-18-20-22-23-24-25-26-27-28-29-30-31-32-33-34-35-36-37-38-39-40-41-42-43-44-45-47-49-51-53-55-57-59-61-67(71)68-65(64-75-76(72,73)74-63-62-69(3,4)5)66(70)60-58-56-54-52-50-48-46-21-19-17-15-13-11-9-7-2/h8,10,14,16,20,22,24-25,27-28,30-31,33-34,36-37,39-40,42-43,45,47,51,53,65-66,70H,6-7,9,11-13,15,17-19,21,23,26,29,32,35,38,41,44,46,48-50,52,54-64H2,1-5H3,(H-,68,71,72,73)/b10-8-,16-14-,22-20-,25-24-,28-27-,31-30-,34-33-,37-36-,40-39-,43-42-,47-45-,53-51-. The summed E-state index contributed by atoms with van der Waals surface area (Å²) in [7, 11) is 1.25. The Morgan fingerprint density at radius 3 is 1.14 bits per heavy atom. The highest BCUT2D eigenvalue weighted by Crippen LogP contribution is 2.38. The molecule has 0 aromatic rings. The van der Waals surface area contributed by atoms with Crippen LogP contribution in [0.4, 0.5) is 0 Å². The van der Waals surface area contributed by atoms with Crippen LogP contribution in [0.5, 0.6) is 0 Å². The summed E-state index contributed by atoms with van der Waals surface area (Å²) in [6, 6.07) is -0.835. The number of phosphoric ester groups is 1. The highest BCUT2D eigenvalue weighted by atomic mass is 31.2. The molecule has 1 amide bonds. The molecule has 0 heterocycles. The summed E-state index contributed by atoms with van der Waals surface area (Å²) >= 11 is 0. The van der Waals surface area contributed by atoms with Gasteiger partial charge in [-0.3, -0.25) is 9.36 Å². The van der Waals surface area contributed by atoms with Gasteiger partial charge in [-0.05, 0) is 103 Å². The Labute approximate surface area is 468 Å². The third kappa shape index (κ3) is 58.1. The SMILES string of the molecule is CC/C=C\C/C=C\C/C=C\C/C=C\C/C=C\C/C=C\C/C=C\C/C=C\C/C=C\C/C=C\C/C=C\C/C=C\CCCCC(=O)NC(COP(=O)([O-])OCC[N+](C)(C)C)C(O)CCCCCCCCCCCCCCCCC. The number of nitrogens with one attached hydrogen (secondary N) is 1. The van der Waals surface area contributed by atoms with Gasteiger partial charge in [0.25, 0.3) is 7.82 Å². The fraction of sp³-hybridized carbons (Fsp3) is 0.627. The molecule has 76 heavy (non-hydrogen) atoms. The molecule has 0 aromatic carbocycles. The van der Waals surface area contributed by atoms with Crippen LogP contribution in [0.2, 0.25) is 0 Å². The summed E-state index contributed by atoms with van der Waals surface area (Å²) in [5, 5.41) is 14.0. The Morgan fingerprint density at radius 1 is 0.474 bits per heavy atom. The van der Waals surface area contributed by atoms with Gasteiger partial charge >= 0.3 is 0 Å². The third-order valence-corrected chi connectivity index (χ3v) is 13.6. The molecule has 2 N–H and O–H groups in total. The van der Waals surface area contributed by atoms with E-state index < -0.39 is 20.0 Å². The summed E-state index contributed by atoms with van der Waals surface area (Å²) in [5.41, 5.74) is 0. The lowest BCUT2D eigenvalue weighted by Gasteiger charge is -2.30. The first-order valence-electron chi connectivity index (χ1n) is 30.2. The normalized spacial score (nSPS) is 14.9. The van der Waals surface area contributed by atoms with Crippen LogP contribution < -0.4 is 10.2 Å². The van der Waals surface area contributed by atoms with Crippen LogP contribution in [0.25, 0.3) is 0 Å². The number of quaternary nitrogens is 1. The van der Waals surface area contributed by atoms with Gasteiger partial charge in [-0.15, -0.1) is 0 Å². The number of aliphatic hydroxyl groups is 1. The lowest BCUT2D eigenvalue weighted by atomic mass is 10.0. The van der Waals surface area contributed by atoms with E-state index in [0.717, 1.165) is 109 Å². The number of nitrogens with zero attached hydrogens (tertiary/aromatic N) is 1. The van der Waals surface area contributed by atoms with E-state index in [-0.39, 0.29) is 19.1 Å². The van der Waals surface area contributed by atoms with E-state index in [1.165, 1.54) is 77.0 Å². The van der Waals surface area contributed by atoms with Gasteiger partial charge in [-0.1, -0.05) is 256 Å². The van der Waals surface area contributed by atoms with Crippen LogP contribution in [-0.2, 0) is 18.4 Å². The minimum absolute atomic E-state index is 0.00410. The van der Waals surface area contributed by atoms with Crippen LogP contribution in [-0.4, -0.2) is 68.5 Å². The highest BCUT2D eigenvalue weighted by Gasteiger charge is 2.24. The molecular formula is C67H113N2O6P. The molecule has 432 valence electrons. The van der Waals surface area contributed by atoms with Crippen molar-refractivity contribution in [3.63, 3.8) is 0 Å². The quantitative estimate of drug-likeness (QED) is 0.0272. The molecule has 0 bridgehead atoms. The van der Waals surface area contributed by atoms with E-state index in [1.807, 2.05) is 21.1 Å². The molecule has 0 saturated carbocycles. The second-order valence-corrected chi connectivity index (χ2v) is 22.4. The average molecular weight is 1070 g/mol. The zero-order valence-corrected chi connectivity index (χ0v) is 50.0. The molecule has 0 aliphatic carbocycles. The number of likely N-dealkylation sites (N-methyl/N-ethyl adjacent to an activating group) is 1. The number of carbonyl (C=O) groups is 1. The first-order chi connectivity index (χ1) is 37.0. The number of carbonyl (C=O) groups excluding carboxylic acids is 1. The van der Waals surface area contributed by atoms with Gasteiger partial charge in [0.15, 0.2) is 0 Å². The summed E-state index contributed by atoms with van der Waals surface area (Å²) in [5.74, 6) is -0.213. The first-order valence-corrected chi connectivity index (χ1v) is 31.6. The van der Waals surface area contributed by atoms with Gasteiger partial charge in [-0.25, -0.2) is 0 Å². The topological polar surface area (TPSA) is 108 Å². The lowest BCUT2D eigenvalue weighted by molar-refractivity contribution is -0.870. The smallest absolute Gasteiger partial charge is 0.268 e. The van der Waals surface area contributed by atoms with Crippen molar-refractivity contribution in [2.45, 2.75) is 231 Å². The van der Waals surface area contributed by atoms with Crippen molar-refractivity contribution in [2.24, 2.45) is 0 Å². The van der Waals surface area contributed by atoms with Gasteiger partial charge in [0, 0.05) is 6.42 Å². The summed E-state index contributed by atoms with van der Waals surface area (Å²) < 4.78 is 23.4. The number of hydrogen-bond acceptors (Lipinski definition) is 6. The molecule has 3 atom stereocenters. The largest absolute Gasteiger partial charge is 0.756 e. The maximum absolute atomic E-state index is 13.0. The second-order valence-electron chi connectivity index (χ2n) is 21.0. The number of hydrogen-bond donors (Lipinski definition) is 2. The summed E-state index contributed by atoms with van der Waals surface area (Å²) in [4.78, 5) is 25.5. The van der Waals surface area contributed by atoms with Crippen LogP contribution in [0.1, 0.15) is 219 Å². The molecule has 9 heteroatoms. The predicted molar refractivity (Wildman–Crippen MR) is 329 cm³/mol. The molecule has 0 aliphatic rings. The maximum Gasteiger partial charge on any atom is 0.268 e. The summed E-state index contributed by atoms with van der Waals surface area (Å²) in [6.07, 6.45) is 86.0. The van der Waals surface area contributed by atoms with Crippen molar-refractivity contribution in [1.29, 1.82) is 0 Å². The van der Waals surface area contributed by atoms with Crippen LogP contribution in [0.15, 0.2) is 146 Å². The maximum atomic E-state index is 13.0. The number of aliphatic hydroxyl groups excluding tert-OH is 1. The van der Waals surface area contributed by atoms with Gasteiger partial charge in [0.2, 0.25) is 5.91 Å². The molecule has 0 fully saturated rings. The Balaban J connectivity index is 4.24. The van der Waals surface area contributed by atoms with Crippen molar-refractivity contribution < 1.29 is 32.9 Å². The molecule has 0 rings (SSSR count). The molecule has 0 spiro atoms. The number of rotatable bonds is 53. The Bertz CT molecular complexity index is 1740. The zero-order chi connectivity index (χ0) is 55.6. The minimum atomic E-state index is -4.59. The van der Waals surface area contributed by atoms with E-state index in [1.54, 1.807) is 0 Å². The van der Waals surface area contributed by atoms with E-state index >= 15 is 0 Å². The van der Waals surface area contributed by atoms with Gasteiger partial charge < -0.3 is 28.8 Å². The zero-order valence-electron chi connectivity index (χ0n) is 49.1. The van der Waals surface area contributed by atoms with Crippen molar-refractivity contribution in [2.75, 3.05) is 40.9 Å². The molecule has 3 unspecified atom stereocenters. The third-order valence-electron chi connectivity index (χ3n) is 12.6. The van der Waals surface area contributed by atoms with Crippen molar-refractivity contribution in [1.82, 2.24) is 5.32 Å². The Hall–Kier alpha value is -3.62. The van der Waals surface area contributed by atoms with Gasteiger partial charge in [-0.2, -0.15) is 0 Å². The van der Waals surface area contributed by atoms with E-state index in [0.29, 0.717) is 30.3 Å². The molecular weight excluding hydrogens is 960 g/mol. The Morgan fingerprint density at radius 2 is 0.803 bits per heavy atom. The van der Waals surface area contributed by atoms with E-state index in [4.69, 9.17) is 9.05 Å². The van der Waals surface area contributed by atoms with Gasteiger partial charge in [0.05, 0.1) is 39.9 Å². The van der Waals surface area contributed by atoms with Crippen LogP contribution >= 0.6 is 7.82 Å². The minimum Gasteiger partial charge on any atom is -0.756 e.